The third-order valence-electron chi connectivity index (χ3n) is 3.91. The van der Waals surface area contributed by atoms with Crippen LogP contribution >= 0.6 is 0 Å². The Hall–Kier alpha value is -2.57. The van der Waals surface area contributed by atoms with Gasteiger partial charge < -0.3 is 25.5 Å². The van der Waals surface area contributed by atoms with Crippen LogP contribution in [0.25, 0.3) is 0 Å². The Bertz CT molecular complexity index is 610. The second-order valence-corrected chi connectivity index (χ2v) is 5.63. The highest BCUT2D eigenvalue weighted by Crippen LogP contribution is 2.34. The van der Waals surface area contributed by atoms with Gasteiger partial charge in [0.25, 0.3) is 5.91 Å². The van der Waals surface area contributed by atoms with Crippen LogP contribution in [0.15, 0.2) is 0 Å². The first-order valence-electron chi connectivity index (χ1n) is 7.32. The van der Waals surface area contributed by atoms with E-state index in [4.69, 9.17) is 20.4 Å². The van der Waals surface area contributed by atoms with Crippen molar-refractivity contribution in [3.63, 3.8) is 0 Å². The summed E-state index contributed by atoms with van der Waals surface area (Å²) < 4.78 is 4.79. The van der Waals surface area contributed by atoms with Crippen molar-refractivity contribution >= 4 is 30.1 Å². The summed E-state index contributed by atoms with van der Waals surface area (Å²) in [5.41, 5.74) is 3.25. The van der Waals surface area contributed by atoms with Gasteiger partial charge in [-0.25, -0.2) is 4.79 Å². The van der Waals surface area contributed by atoms with E-state index in [0.29, 0.717) is 11.3 Å². The number of carboxylic acid groups (broad SMARTS) is 2. The molecule has 2 fully saturated rings. The van der Waals surface area contributed by atoms with Gasteiger partial charge in [-0.05, 0) is 0 Å². The molecule has 12 heteroatoms. The second kappa shape index (κ2) is 7.13. The van der Waals surface area contributed by atoms with Gasteiger partial charge in [0.15, 0.2) is 0 Å². The normalized spacial score (nSPS) is 28.5. The van der Waals surface area contributed by atoms with E-state index < -0.39 is 54.1 Å². The first-order valence-corrected chi connectivity index (χ1v) is 7.32. The van der Waals surface area contributed by atoms with Gasteiger partial charge in [0.05, 0.1) is 25.5 Å². The molecule has 0 aromatic rings. The van der Waals surface area contributed by atoms with Crippen LogP contribution in [0.5, 0.6) is 0 Å². The summed E-state index contributed by atoms with van der Waals surface area (Å²) in [5, 5.41) is 21.3. The standard InChI is InChI=1S/C13H17N3O9/c14-6(4-17)7(3-9(18)19)15-8-5-24-16(11(8)21)13(12(22)23)2-1-10(20)25-13/h4,6-8,15H,1-3,5,14H2,(H,18,19)(H,22,23)/t6-,7?,8-,13?/m0/s1. The molecule has 1 amide bonds. The molecule has 2 aliphatic rings. The summed E-state index contributed by atoms with van der Waals surface area (Å²) in [4.78, 5) is 62.0. The topological polar surface area (TPSA) is 186 Å². The summed E-state index contributed by atoms with van der Waals surface area (Å²) in [6, 6.07) is -3.42. The highest BCUT2D eigenvalue weighted by molar-refractivity contribution is 5.92. The van der Waals surface area contributed by atoms with Crippen molar-refractivity contribution in [3.8, 4) is 0 Å². The monoisotopic (exact) mass is 359 g/mol. The third-order valence-corrected chi connectivity index (χ3v) is 3.91. The highest BCUT2D eigenvalue weighted by atomic mass is 16.7. The Labute approximate surface area is 140 Å². The van der Waals surface area contributed by atoms with Crippen LogP contribution in [-0.4, -0.2) is 75.8 Å². The van der Waals surface area contributed by atoms with Gasteiger partial charge in [0.2, 0.25) is 0 Å². The summed E-state index contributed by atoms with van der Waals surface area (Å²) >= 11 is 0. The van der Waals surface area contributed by atoms with Crippen LogP contribution in [0.1, 0.15) is 19.3 Å². The average molecular weight is 359 g/mol. The number of nitrogens with zero attached hydrogens (tertiary/aromatic N) is 1. The molecule has 4 atom stereocenters. The van der Waals surface area contributed by atoms with Crippen LogP contribution in [0.4, 0.5) is 0 Å². The molecular weight excluding hydrogens is 342 g/mol. The lowest BCUT2D eigenvalue weighted by atomic mass is 10.0. The fraction of sp³-hybridized carbons (Fsp3) is 0.615. The van der Waals surface area contributed by atoms with Crippen molar-refractivity contribution in [2.45, 2.75) is 43.1 Å². The molecule has 2 unspecified atom stereocenters. The van der Waals surface area contributed by atoms with E-state index in [-0.39, 0.29) is 19.4 Å². The number of hydrogen-bond acceptors (Lipinski definition) is 9. The summed E-state index contributed by atoms with van der Waals surface area (Å²) in [6.07, 6.45) is -0.694. The summed E-state index contributed by atoms with van der Waals surface area (Å²) in [7, 11) is 0. The smallest absolute Gasteiger partial charge is 0.372 e. The minimum atomic E-state index is -2.26. The number of cyclic esters (lactones) is 1. The molecule has 2 heterocycles. The van der Waals surface area contributed by atoms with E-state index in [0.717, 1.165) is 0 Å². The number of hydrogen-bond donors (Lipinski definition) is 4. The third kappa shape index (κ3) is 3.60. The Morgan fingerprint density at radius 3 is 2.60 bits per heavy atom. The number of hydroxylamine groups is 2. The highest BCUT2D eigenvalue weighted by Gasteiger charge is 2.59. The molecule has 2 saturated heterocycles. The van der Waals surface area contributed by atoms with Crippen LogP contribution in [0.2, 0.25) is 0 Å². The Morgan fingerprint density at radius 2 is 2.12 bits per heavy atom. The predicted octanol–water partition coefficient (Wildman–Crippen LogP) is -2.79. The molecule has 0 saturated carbocycles. The fourth-order valence-electron chi connectivity index (χ4n) is 2.62. The molecule has 0 bridgehead atoms. The number of esters is 1. The van der Waals surface area contributed by atoms with Crippen molar-refractivity contribution in [1.29, 1.82) is 0 Å². The molecule has 138 valence electrons. The maximum Gasteiger partial charge on any atom is 0.372 e. The van der Waals surface area contributed by atoms with Gasteiger partial charge in [0.1, 0.15) is 12.3 Å². The minimum Gasteiger partial charge on any atom is -0.481 e. The number of carbonyl (C=O) groups is 5. The number of nitrogens with two attached hydrogens (primary N) is 1. The number of aldehydes is 1. The first kappa shape index (κ1) is 18.8. The van der Waals surface area contributed by atoms with Crippen molar-refractivity contribution in [3.05, 3.63) is 0 Å². The number of carbonyl (C=O) groups excluding carboxylic acids is 3. The maximum absolute atomic E-state index is 12.4. The first-order chi connectivity index (χ1) is 11.7. The van der Waals surface area contributed by atoms with E-state index in [1.54, 1.807) is 0 Å². The summed E-state index contributed by atoms with van der Waals surface area (Å²) in [5.74, 6) is -4.48. The van der Waals surface area contributed by atoms with E-state index in [2.05, 4.69) is 5.32 Å². The van der Waals surface area contributed by atoms with Crippen LogP contribution in [0.3, 0.4) is 0 Å². The SMILES string of the molecule is N[C@@H](C=O)C(CC(=O)O)N[C@H]1CON(C2(C(=O)O)CCC(=O)O2)C1=O. The lowest BCUT2D eigenvalue weighted by Gasteiger charge is -2.31. The molecule has 25 heavy (non-hydrogen) atoms. The van der Waals surface area contributed by atoms with E-state index in [1.807, 2.05) is 0 Å². The molecule has 0 radical (unpaired) electrons. The van der Waals surface area contributed by atoms with Crippen LogP contribution in [-0.2, 0) is 33.5 Å². The van der Waals surface area contributed by atoms with Crippen LogP contribution in [0, 0.1) is 0 Å². The molecule has 2 rings (SSSR count). The quantitative estimate of drug-likeness (QED) is 0.259. The number of carboxylic acids is 2. The van der Waals surface area contributed by atoms with Gasteiger partial charge in [-0.3, -0.25) is 24.5 Å². The number of aliphatic carboxylic acids is 2. The van der Waals surface area contributed by atoms with Gasteiger partial charge in [-0.1, -0.05) is 0 Å². The van der Waals surface area contributed by atoms with Crippen molar-refractivity contribution in [2.75, 3.05) is 6.61 Å². The zero-order valence-electron chi connectivity index (χ0n) is 12.9. The van der Waals surface area contributed by atoms with Gasteiger partial charge in [-0.2, -0.15) is 5.06 Å². The molecule has 5 N–H and O–H groups in total. The fourth-order valence-corrected chi connectivity index (χ4v) is 2.62. The molecule has 0 aliphatic carbocycles. The van der Waals surface area contributed by atoms with Crippen molar-refractivity contribution in [2.24, 2.45) is 5.73 Å². The minimum absolute atomic E-state index is 0.199. The number of ether oxygens (including phenoxy) is 1. The number of amides is 1. The molecule has 0 aromatic carbocycles. The largest absolute Gasteiger partial charge is 0.481 e. The Morgan fingerprint density at radius 1 is 1.44 bits per heavy atom. The van der Waals surface area contributed by atoms with E-state index in [1.165, 1.54) is 0 Å². The second-order valence-electron chi connectivity index (χ2n) is 5.63. The molecule has 2 aliphatic heterocycles. The number of nitrogens with one attached hydrogen (secondary N) is 1. The Balaban J connectivity index is 2.15. The van der Waals surface area contributed by atoms with Crippen LogP contribution < -0.4 is 11.1 Å². The molecular formula is C13H17N3O9. The Kier molecular flexibility index (Phi) is 5.35. The average Bonchev–Trinajstić information content (AvgIpc) is 3.10. The van der Waals surface area contributed by atoms with Gasteiger partial charge >= 0.3 is 23.6 Å². The molecule has 0 spiro atoms. The van der Waals surface area contributed by atoms with E-state index in [9.17, 15) is 29.1 Å². The summed E-state index contributed by atoms with van der Waals surface area (Å²) in [6.45, 7) is -0.340. The van der Waals surface area contributed by atoms with Crippen molar-refractivity contribution < 1.29 is 43.8 Å². The maximum atomic E-state index is 12.4. The zero-order chi connectivity index (χ0) is 18.8. The molecule has 12 nitrogen and oxygen atoms in total. The van der Waals surface area contributed by atoms with Gasteiger partial charge in [-0.15, -0.1) is 0 Å². The lowest BCUT2D eigenvalue weighted by molar-refractivity contribution is -0.256. The van der Waals surface area contributed by atoms with Crippen molar-refractivity contribution in [1.82, 2.24) is 10.4 Å². The van der Waals surface area contributed by atoms with E-state index >= 15 is 0 Å². The lowest BCUT2D eigenvalue weighted by Crippen LogP contribution is -2.58. The zero-order valence-corrected chi connectivity index (χ0v) is 12.9. The predicted molar refractivity (Wildman–Crippen MR) is 75.5 cm³/mol. The van der Waals surface area contributed by atoms with Gasteiger partial charge in [0, 0.05) is 12.5 Å². The molecule has 0 aromatic heterocycles. The number of rotatable bonds is 8.